The Morgan fingerprint density at radius 2 is 2.10 bits per heavy atom. The largest absolute Gasteiger partial charge is 0.508 e. The van der Waals surface area contributed by atoms with Crippen molar-refractivity contribution >= 4 is 22.4 Å². The lowest BCUT2D eigenvalue weighted by Crippen LogP contribution is -2.18. The van der Waals surface area contributed by atoms with Crippen molar-refractivity contribution in [2.75, 3.05) is 11.9 Å². The number of ether oxygens (including phenoxy) is 1. The second kappa shape index (κ2) is 7.48. The molecule has 8 nitrogen and oxygen atoms in total. The molecule has 0 bridgehead atoms. The summed E-state index contributed by atoms with van der Waals surface area (Å²) < 4.78 is 7.65. The number of hydrogen-bond acceptors (Lipinski definition) is 7. The first-order valence-corrected chi connectivity index (χ1v) is 9.60. The fourth-order valence-electron chi connectivity index (χ4n) is 3.47. The number of nitrogens with one attached hydrogen (secondary N) is 1. The van der Waals surface area contributed by atoms with E-state index in [0.29, 0.717) is 11.6 Å². The van der Waals surface area contributed by atoms with Crippen LogP contribution in [0.2, 0.25) is 0 Å². The molecule has 0 radical (unpaired) electrons. The molecule has 0 amide bonds. The third-order valence-electron chi connectivity index (χ3n) is 4.92. The smallest absolute Gasteiger partial charge is 0.162 e. The van der Waals surface area contributed by atoms with E-state index in [9.17, 15) is 5.11 Å². The highest BCUT2D eigenvalue weighted by atomic mass is 16.5. The second-order valence-corrected chi connectivity index (χ2v) is 6.99. The van der Waals surface area contributed by atoms with Crippen LogP contribution in [0.4, 0.5) is 11.5 Å². The first-order valence-electron chi connectivity index (χ1n) is 9.60. The maximum Gasteiger partial charge on any atom is 0.162 e. The van der Waals surface area contributed by atoms with Gasteiger partial charge in [0.15, 0.2) is 5.82 Å². The van der Waals surface area contributed by atoms with Crippen molar-refractivity contribution < 1.29 is 9.84 Å². The Kier molecular flexibility index (Phi) is 4.53. The zero-order valence-corrected chi connectivity index (χ0v) is 15.7. The van der Waals surface area contributed by atoms with Gasteiger partial charge in [-0.25, -0.2) is 14.6 Å². The summed E-state index contributed by atoms with van der Waals surface area (Å²) in [6.45, 7) is 0.767. The summed E-state index contributed by atoms with van der Waals surface area (Å²) in [5, 5.41) is 18.4. The summed E-state index contributed by atoms with van der Waals surface area (Å²) in [6, 6.07) is 8.74. The van der Waals surface area contributed by atoms with Gasteiger partial charge in [-0.3, -0.25) is 4.98 Å². The van der Waals surface area contributed by atoms with Gasteiger partial charge in [0.25, 0.3) is 0 Å². The fraction of sp³-hybridized carbons (Fsp3) is 0.238. The molecule has 1 unspecified atom stereocenters. The summed E-state index contributed by atoms with van der Waals surface area (Å²) in [5.74, 6) is 1.32. The molecule has 0 saturated carbocycles. The Labute approximate surface area is 167 Å². The van der Waals surface area contributed by atoms with Crippen molar-refractivity contribution in [3.8, 4) is 17.1 Å². The van der Waals surface area contributed by atoms with E-state index in [2.05, 4.69) is 25.4 Å². The first-order chi connectivity index (χ1) is 14.3. The van der Waals surface area contributed by atoms with Crippen LogP contribution in [0.25, 0.3) is 22.3 Å². The molecule has 1 aliphatic rings. The van der Waals surface area contributed by atoms with Gasteiger partial charge in [0.1, 0.15) is 17.8 Å². The summed E-state index contributed by atoms with van der Waals surface area (Å²) in [7, 11) is 0. The Hall–Kier alpha value is -3.52. The first kappa shape index (κ1) is 17.6. The minimum atomic E-state index is -0.0223. The van der Waals surface area contributed by atoms with Gasteiger partial charge in [0.2, 0.25) is 0 Å². The van der Waals surface area contributed by atoms with Gasteiger partial charge in [-0.15, -0.1) is 0 Å². The second-order valence-electron chi connectivity index (χ2n) is 6.99. The number of benzene rings is 1. The number of phenolic OH excluding ortho intramolecular Hbond substituents is 1. The number of hydrogen-bond donors (Lipinski definition) is 2. The van der Waals surface area contributed by atoms with Crippen LogP contribution in [0.5, 0.6) is 5.75 Å². The van der Waals surface area contributed by atoms with Gasteiger partial charge in [-0.05, 0) is 37.5 Å². The van der Waals surface area contributed by atoms with E-state index in [1.165, 1.54) is 0 Å². The third kappa shape index (κ3) is 3.62. The minimum Gasteiger partial charge on any atom is -0.508 e. The average molecular weight is 388 g/mol. The molecule has 1 aliphatic heterocycles. The van der Waals surface area contributed by atoms with Gasteiger partial charge >= 0.3 is 0 Å². The van der Waals surface area contributed by atoms with Crippen LogP contribution >= 0.6 is 0 Å². The van der Waals surface area contributed by atoms with Crippen molar-refractivity contribution in [1.82, 2.24) is 24.7 Å². The molecule has 5 rings (SSSR count). The van der Waals surface area contributed by atoms with Crippen LogP contribution < -0.4 is 5.32 Å². The quantitative estimate of drug-likeness (QED) is 0.544. The Morgan fingerprint density at radius 1 is 1.14 bits per heavy atom. The summed E-state index contributed by atoms with van der Waals surface area (Å²) in [5.41, 5.74) is 2.31. The zero-order chi connectivity index (χ0) is 19.6. The molecule has 0 aliphatic carbocycles. The topological polar surface area (TPSA) is 98.0 Å². The minimum absolute atomic E-state index is 0.0223. The van der Waals surface area contributed by atoms with Gasteiger partial charge in [0, 0.05) is 24.6 Å². The predicted molar refractivity (Wildman–Crippen MR) is 109 cm³/mol. The standard InChI is InChI=1S/C21H20N6O2/c28-16-5-3-4-14(10-16)20-25-18-7-8-22-12-17(18)21(26-20)24-15-11-23-27(13-15)19-6-1-2-9-29-19/h3-5,7-8,10-13,19,28H,1-2,6,9H2,(H,24,25,26). The van der Waals surface area contributed by atoms with Crippen LogP contribution in [-0.4, -0.2) is 36.4 Å². The molecule has 1 saturated heterocycles. The van der Waals surface area contributed by atoms with E-state index in [1.54, 1.807) is 36.8 Å². The van der Waals surface area contributed by atoms with Crippen LogP contribution in [0.1, 0.15) is 25.5 Å². The van der Waals surface area contributed by atoms with Crippen LogP contribution in [-0.2, 0) is 4.74 Å². The average Bonchev–Trinajstić information content (AvgIpc) is 3.23. The van der Waals surface area contributed by atoms with E-state index in [0.717, 1.165) is 48.0 Å². The van der Waals surface area contributed by atoms with Crippen LogP contribution in [0.15, 0.2) is 55.1 Å². The molecule has 3 aromatic heterocycles. The molecule has 0 spiro atoms. The molecule has 1 aromatic carbocycles. The summed E-state index contributed by atoms with van der Waals surface area (Å²) >= 11 is 0. The molecule has 8 heteroatoms. The Bertz CT molecular complexity index is 1150. The molecule has 1 fully saturated rings. The Morgan fingerprint density at radius 3 is 2.97 bits per heavy atom. The highest BCUT2D eigenvalue weighted by Crippen LogP contribution is 2.29. The van der Waals surface area contributed by atoms with E-state index in [1.807, 2.05) is 23.0 Å². The number of aromatic hydroxyl groups is 1. The number of fused-ring (bicyclic) bond motifs is 1. The molecular weight excluding hydrogens is 368 g/mol. The highest BCUT2D eigenvalue weighted by molar-refractivity contribution is 5.91. The van der Waals surface area contributed by atoms with Gasteiger partial charge in [0.05, 0.1) is 29.0 Å². The van der Waals surface area contributed by atoms with Crippen molar-refractivity contribution in [3.63, 3.8) is 0 Å². The molecule has 1 atom stereocenters. The molecular formula is C21H20N6O2. The van der Waals surface area contributed by atoms with E-state index in [4.69, 9.17) is 4.74 Å². The normalized spacial score (nSPS) is 16.8. The lowest BCUT2D eigenvalue weighted by atomic mass is 10.2. The zero-order valence-electron chi connectivity index (χ0n) is 15.7. The van der Waals surface area contributed by atoms with Gasteiger partial charge in [-0.1, -0.05) is 12.1 Å². The number of aromatic nitrogens is 5. The van der Waals surface area contributed by atoms with Gasteiger partial charge in [-0.2, -0.15) is 5.10 Å². The molecule has 29 heavy (non-hydrogen) atoms. The summed E-state index contributed by atoms with van der Waals surface area (Å²) in [4.78, 5) is 13.5. The molecule has 4 aromatic rings. The lowest BCUT2D eigenvalue weighted by Gasteiger charge is -2.22. The van der Waals surface area contributed by atoms with Gasteiger partial charge < -0.3 is 15.2 Å². The third-order valence-corrected chi connectivity index (χ3v) is 4.92. The van der Waals surface area contributed by atoms with E-state index < -0.39 is 0 Å². The monoisotopic (exact) mass is 388 g/mol. The van der Waals surface area contributed by atoms with Crippen LogP contribution in [0, 0.1) is 0 Å². The van der Waals surface area contributed by atoms with E-state index in [-0.39, 0.29) is 12.0 Å². The van der Waals surface area contributed by atoms with Crippen LogP contribution in [0.3, 0.4) is 0 Å². The fourth-order valence-corrected chi connectivity index (χ4v) is 3.47. The maximum absolute atomic E-state index is 9.81. The number of pyridine rings is 1. The Balaban J connectivity index is 1.51. The van der Waals surface area contributed by atoms with E-state index >= 15 is 0 Å². The maximum atomic E-state index is 9.81. The molecule has 2 N–H and O–H groups in total. The molecule has 146 valence electrons. The highest BCUT2D eigenvalue weighted by Gasteiger charge is 2.17. The SMILES string of the molecule is Oc1cccc(-c2nc(Nc3cnn(C4CCCCO4)c3)c3cnccc3n2)c1. The number of anilines is 2. The molecule has 4 heterocycles. The predicted octanol–water partition coefficient (Wildman–Crippen LogP) is 4.04. The van der Waals surface area contributed by atoms with Crippen molar-refractivity contribution in [2.45, 2.75) is 25.5 Å². The number of nitrogens with zero attached hydrogens (tertiary/aromatic N) is 5. The van der Waals surface area contributed by atoms with Crippen molar-refractivity contribution in [3.05, 3.63) is 55.1 Å². The number of rotatable bonds is 4. The number of phenols is 1. The lowest BCUT2D eigenvalue weighted by molar-refractivity contribution is -0.0394. The summed E-state index contributed by atoms with van der Waals surface area (Å²) in [6.07, 6.45) is 10.3. The van der Waals surface area contributed by atoms with Crippen molar-refractivity contribution in [1.29, 1.82) is 0 Å². The van der Waals surface area contributed by atoms with Crippen molar-refractivity contribution in [2.24, 2.45) is 0 Å².